The van der Waals surface area contributed by atoms with Gasteiger partial charge in [0.1, 0.15) is 0 Å². The van der Waals surface area contributed by atoms with Crippen molar-refractivity contribution in [3.63, 3.8) is 0 Å². The summed E-state index contributed by atoms with van der Waals surface area (Å²) in [5, 5.41) is 0. The molecule has 3 rings (SSSR count). The van der Waals surface area contributed by atoms with Crippen LogP contribution in [0.2, 0.25) is 0 Å². The fraction of sp³-hybridized carbons (Fsp3) is 0.478. The van der Waals surface area contributed by atoms with Gasteiger partial charge >= 0.3 is 0 Å². The summed E-state index contributed by atoms with van der Waals surface area (Å²) in [6.45, 7) is 6.44. The van der Waals surface area contributed by atoms with E-state index >= 15 is 0 Å². The van der Waals surface area contributed by atoms with Crippen LogP contribution in [0.3, 0.4) is 0 Å². The maximum absolute atomic E-state index is 12.9. The Balaban J connectivity index is 1.51. The lowest BCUT2D eigenvalue weighted by atomic mass is 10.1. The van der Waals surface area contributed by atoms with Gasteiger partial charge in [0.15, 0.2) is 0 Å². The third-order valence-corrected chi connectivity index (χ3v) is 7.56. The summed E-state index contributed by atoms with van der Waals surface area (Å²) < 4.78 is 27.4. The molecule has 1 aliphatic heterocycles. The number of piperazine rings is 1. The van der Waals surface area contributed by atoms with Gasteiger partial charge in [-0.2, -0.15) is 4.31 Å². The summed E-state index contributed by atoms with van der Waals surface area (Å²) in [5.74, 6) is 0.228. The molecule has 0 N–H and O–H groups in total. The van der Waals surface area contributed by atoms with Crippen molar-refractivity contribution < 1.29 is 8.42 Å². The maximum atomic E-state index is 12.9. The first-order valence-corrected chi connectivity index (χ1v) is 11.9. The van der Waals surface area contributed by atoms with Crippen LogP contribution in [0, 0.1) is 0 Å². The predicted octanol–water partition coefficient (Wildman–Crippen LogP) is 3.59. The number of aryl methyl sites for hydroxylation is 1. The Hall–Kier alpha value is -1.69. The molecule has 1 saturated heterocycles. The third-order valence-electron chi connectivity index (χ3n) is 5.67. The molecule has 2 atom stereocenters. The van der Waals surface area contributed by atoms with E-state index in [0.717, 1.165) is 19.4 Å². The van der Waals surface area contributed by atoms with Gasteiger partial charge in [-0.3, -0.25) is 4.90 Å². The summed E-state index contributed by atoms with van der Waals surface area (Å²) in [6, 6.07) is 21.1. The van der Waals surface area contributed by atoms with Crippen LogP contribution in [0.1, 0.15) is 31.4 Å². The number of sulfonamides is 1. The van der Waals surface area contributed by atoms with Gasteiger partial charge in [0.2, 0.25) is 10.0 Å². The van der Waals surface area contributed by atoms with Gasteiger partial charge in [-0.25, -0.2) is 8.42 Å². The van der Waals surface area contributed by atoms with Gasteiger partial charge in [0.05, 0.1) is 5.75 Å². The van der Waals surface area contributed by atoms with Crippen LogP contribution in [0.4, 0.5) is 0 Å². The standard InChI is InChI=1S/C23H32N2O2S/c1-20-18-24(28(26,27)17-9-14-22-10-5-3-6-11-22)19-21(2)25(20)16-15-23-12-7-4-8-13-23/h3-8,10-13,20-21H,9,14-19H2,1-2H3. The van der Waals surface area contributed by atoms with Gasteiger partial charge in [-0.1, -0.05) is 60.7 Å². The molecule has 2 aromatic rings. The highest BCUT2D eigenvalue weighted by molar-refractivity contribution is 7.89. The fourth-order valence-electron chi connectivity index (χ4n) is 4.11. The molecule has 2 unspecified atom stereocenters. The second-order valence-corrected chi connectivity index (χ2v) is 9.98. The molecule has 0 bridgehead atoms. The smallest absolute Gasteiger partial charge is 0.214 e. The first-order valence-electron chi connectivity index (χ1n) is 10.3. The van der Waals surface area contributed by atoms with E-state index in [1.165, 1.54) is 11.1 Å². The highest BCUT2D eigenvalue weighted by Crippen LogP contribution is 2.20. The Kier molecular flexibility index (Phi) is 7.27. The molecular formula is C23H32N2O2S. The lowest BCUT2D eigenvalue weighted by molar-refractivity contribution is 0.0784. The predicted molar refractivity (Wildman–Crippen MR) is 116 cm³/mol. The van der Waals surface area contributed by atoms with E-state index in [1.807, 2.05) is 24.3 Å². The van der Waals surface area contributed by atoms with Crippen molar-refractivity contribution in [1.29, 1.82) is 0 Å². The molecule has 1 heterocycles. The van der Waals surface area contributed by atoms with E-state index in [1.54, 1.807) is 4.31 Å². The Labute approximate surface area is 170 Å². The van der Waals surface area contributed by atoms with E-state index < -0.39 is 10.0 Å². The van der Waals surface area contributed by atoms with Crippen LogP contribution in [0.15, 0.2) is 60.7 Å². The molecule has 0 radical (unpaired) electrons. The number of hydrogen-bond donors (Lipinski definition) is 0. The minimum Gasteiger partial charge on any atom is -0.295 e. The highest BCUT2D eigenvalue weighted by Gasteiger charge is 2.34. The van der Waals surface area contributed by atoms with E-state index in [4.69, 9.17) is 0 Å². The number of nitrogens with zero attached hydrogens (tertiary/aromatic N) is 2. The third kappa shape index (κ3) is 5.66. The first kappa shape index (κ1) is 21.0. The molecule has 152 valence electrons. The zero-order chi connectivity index (χ0) is 20.0. The molecule has 0 spiro atoms. The lowest BCUT2D eigenvalue weighted by Crippen LogP contribution is -2.58. The maximum Gasteiger partial charge on any atom is 0.214 e. The van der Waals surface area contributed by atoms with Gasteiger partial charge in [0.25, 0.3) is 0 Å². The van der Waals surface area contributed by atoms with Crippen LogP contribution < -0.4 is 0 Å². The molecule has 0 aromatic heterocycles. The lowest BCUT2D eigenvalue weighted by Gasteiger charge is -2.44. The van der Waals surface area contributed by atoms with E-state index in [0.29, 0.717) is 19.5 Å². The van der Waals surface area contributed by atoms with Crippen LogP contribution in [-0.4, -0.2) is 55.1 Å². The van der Waals surface area contributed by atoms with E-state index in [9.17, 15) is 8.42 Å². The molecule has 2 aromatic carbocycles. The highest BCUT2D eigenvalue weighted by atomic mass is 32.2. The van der Waals surface area contributed by atoms with Crippen LogP contribution in [-0.2, 0) is 22.9 Å². The van der Waals surface area contributed by atoms with Crippen LogP contribution >= 0.6 is 0 Å². The zero-order valence-electron chi connectivity index (χ0n) is 17.0. The molecular weight excluding hydrogens is 368 g/mol. The van der Waals surface area contributed by atoms with Gasteiger partial charge < -0.3 is 0 Å². The molecule has 28 heavy (non-hydrogen) atoms. The van der Waals surface area contributed by atoms with Crippen LogP contribution in [0.5, 0.6) is 0 Å². The fourth-order valence-corrected chi connectivity index (χ4v) is 5.76. The quantitative estimate of drug-likeness (QED) is 0.680. The van der Waals surface area contributed by atoms with Crippen LogP contribution in [0.25, 0.3) is 0 Å². The molecule has 5 heteroatoms. The number of benzene rings is 2. The van der Waals surface area contributed by atoms with Crippen molar-refractivity contribution >= 4 is 10.0 Å². The first-order chi connectivity index (χ1) is 13.5. The van der Waals surface area contributed by atoms with Gasteiger partial charge in [0, 0.05) is 31.7 Å². The molecule has 0 saturated carbocycles. The molecule has 0 aliphatic carbocycles. The Bertz CT molecular complexity index is 812. The number of hydrogen-bond acceptors (Lipinski definition) is 3. The van der Waals surface area contributed by atoms with Crippen molar-refractivity contribution in [3.8, 4) is 0 Å². The summed E-state index contributed by atoms with van der Waals surface area (Å²) in [5.41, 5.74) is 2.53. The second-order valence-electron chi connectivity index (χ2n) is 7.89. The van der Waals surface area contributed by atoms with Crippen molar-refractivity contribution in [2.75, 3.05) is 25.4 Å². The minimum absolute atomic E-state index is 0.228. The molecule has 1 aliphatic rings. The summed E-state index contributed by atoms with van der Waals surface area (Å²) in [6.07, 6.45) is 2.48. The van der Waals surface area contributed by atoms with Gasteiger partial charge in [-0.05, 0) is 44.2 Å². The topological polar surface area (TPSA) is 40.6 Å². The Morgan fingerprint density at radius 3 is 1.86 bits per heavy atom. The molecule has 4 nitrogen and oxygen atoms in total. The van der Waals surface area contributed by atoms with Crippen molar-refractivity contribution in [2.24, 2.45) is 0 Å². The second kappa shape index (κ2) is 9.68. The Morgan fingerprint density at radius 2 is 1.32 bits per heavy atom. The average Bonchev–Trinajstić information content (AvgIpc) is 2.69. The molecule has 0 amide bonds. The summed E-state index contributed by atoms with van der Waals surface area (Å²) in [7, 11) is -3.20. The normalized spacial score (nSPS) is 21.6. The number of rotatable bonds is 8. The SMILES string of the molecule is CC1CN(S(=O)(=O)CCCc2ccccc2)CC(C)N1CCc1ccccc1. The molecule has 1 fully saturated rings. The summed E-state index contributed by atoms with van der Waals surface area (Å²) >= 11 is 0. The van der Waals surface area contributed by atoms with Crippen molar-refractivity contribution in [1.82, 2.24) is 9.21 Å². The van der Waals surface area contributed by atoms with E-state index in [-0.39, 0.29) is 17.8 Å². The van der Waals surface area contributed by atoms with Crippen molar-refractivity contribution in [3.05, 3.63) is 71.8 Å². The zero-order valence-corrected chi connectivity index (χ0v) is 17.8. The average molecular weight is 401 g/mol. The summed E-state index contributed by atoms with van der Waals surface area (Å²) in [4.78, 5) is 2.45. The monoisotopic (exact) mass is 400 g/mol. The minimum atomic E-state index is -3.20. The largest absolute Gasteiger partial charge is 0.295 e. The van der Waals surface area contributed by atoms with Crippen molar-refractivity contribution in [2.45, 2.75) is 45.2 Å². The van der Waals surface area contributed by atoms with Gasteiger partial charge in [-0.15, -0.1) is 0 Å². The van der Waals surface area contributed by atoms with E-state index in [2.05, 4.69) is 55.1 Å². The Morgan fingerprint density at radius 1 is 0.821 bits per heavy atom.